The van der Waals surface area contributed by atoms with Crippen LogP contribution >= 0.6 is 15.9 Å². The van der Waals surface area contributed by atoms with E-state index in [0.717, 1.165) is 21.2 Å². The summed E-state index contributed by atoms with van der Waals surface area (Å²) in [5, 5.41) is 2.94. The van der Waals surface area contributed by atoms with Crippen LogP contribution in [-0.2, 0) is 12.8 Å². The molecule has 1 unspecified atom stereocenters. The Kier molecular flexibility index (Phi) is 6.55. The van der Waals surface area contributed by atoms with Crippen molar-refractivity contribution in [3.05, 3.63) is 39.4 Å². The molecule has 4 rings (SSSR count). The maximum absolute atomic E-state index is 13.0. The van der Waals surface area contributed by atoms with Crippen LogP contribution < -0.4 is 29.0 Å². The van der Waals surface area contributed by atoms with Gasteiger partial charge in [-0.15, -0.1) is 0 Å². The Labute approximate surface area is 195 Å². The van der Waals surface area contributed by atoms with Crippen LogP contribution in [0.15, 0.2) is 22.7 Å². The Hall–Kier alpha value is -2.81. The lowest BCUT2D eigenvalue weighted by Crippen LogP contribution is -2.46. The van der Waals surface area contributed by atoms with Crippen molar-refractivity contribution in [2.75, 3.05) is 41.2 Å². The van der Waals surface area contributed by atoms with Gasteiger partial charge in [0.15, 0.2) is 23.0 Å². The van der Waals surface area contributed by atoms with Crippen LogP contribution in [0.5, 0.6) is 28.7 Å². The van der Waals surface area contributed by atoms with Crippen molar-refractivity contribution in [3.8, 4) is 28.7 Å². The fourth-order valence-electron chi connectivity index (χ4n) is 4.41. The fraction of sp³-hybridized carbons (Fsp3) is 0.435. The monoisotopic (exact) mass is 506 g/mol. The lowest BCUT2D eigenvalue weighted by molar-refractivity contribution is 0.165. The number of carbonyl (C=O) groups excluding carboxylic acids is 1. The van der Waals surface area contributed by atoms with Crippen LogP contribution in [0.1, 0.15) is 29.7 Å². The van der Waals surface area contributed by atoms with Gasteiger partial charge >= 0.3 is 6.03 Å². The quantitative estimate of drug-likeness (QED) is 0.635. The highest BCUT2D eigenvalue weighted by atomic mass is 79.9. The number of benzene rings is 2. The van der Waals surface area contributed by atoms with E-state index in [1.54, 1.807) is 21.3 Å². The van der Waals surface area contributed by atoms with Crippen molar-refractivity contribution in [1.29, 1.82) is 0 Å². The van der Waals surface area contributed by atoms with E-state index in [1.807, 2.05) is 30.0 Å². The van der Waals surface area contributed by atoms with Crippen LogP contribution in [-0.4, -0.2) is 52.1 Å². The van der Waals surface area contributed by atoms with Gasteiger partial charge in [0.1, 0.15) is 0 Å². The fourth-order valence-corrected chi connectivity index (χ4v) is 5.11. The molecule has 172 valence electrons. The number of carbonyl (C=O) groups is 1. The Morgan fingerprint density at radius 1 is 1.16 bits per heavy atom. The zero-order chi connectivity index (χ0) is 22.8. The van der Waals surface area contributed by atoms with Crippen molar-refractivity contribution in [2.24, 2.45) is 0 Å². The van der Waals surface area contributed by atoms with Crippen molar-refractivity contribution >= 4 is 22.0 Å². The molecule has 0 fully saturated rings. The van der Waals surface area contributed by atoms with E-state index in [4.69, 9.17) is 23.7 Å². The molecule has 0 saturated heterocycles. The average molecular weight is 507 g/mol. The Morgan fingerprint density at radius 3 is 2.59 bits per heavy atom. The molecule has 0 saturated carbocycles. The second kappa shape index (κ2) is 9.36. The lowest BCUT2D eigenvalue weighted by Gasteiger charge is -2.39. The van der Waals surface area contributed by atoms with Crippen molar-refractivity contribution in [1.82, 2.24) is 10.2 Å². The van der Waals surface area contributed by atoms with Gasteiger partial charge in [0.2, 0.25) is 12.5 Å². The van der Waals surface area contributed by atoms with Crippen LogP contribution in [0.4, 0.5) is 4.79 Å². The number of ether oxygens (including phenoxy) is 5. The number of hydrogen-bond acceptors (Lipinski definition) is 6. The number of nitrogens with one attached hydrogen (secondary N) is 1. The van der Waals surface area contributed by atoms with Gasteiger partial charge in [-0.2, -0.15) is 0 Å². The van der Waals surface area contributed by atoms with Crippen molar-refractivity contribution < 1.29 is 28.5 Å². The molecule has 2 amide bonds. The summed E-state index contributed by atoms with van der Waals surface area (Å²) in [5.41, 5.74) is 3.00. The highest BCUT2D eigenvalue weighted by Crippen LogP contribution is 2.54. The maximum Gasteiger partial charge on any atom is 0.317 e. The minimum atomic E-state index is -0.274. The molecule has 0 aliphatic carbocycles. The van der Waals surface area contributed by atoms with E-state index < -0.39 is 0 Å². The third-order valence-corrected chi connectivity index (χ3v) is 6.67. The van der Waals surface area contributed by atoms with Gasteiger partial charge in [0, 0.05) is 18.7 Å². The van der Waals surface area contributed by atoms with E-state index >= 15 is 0 Å². The first kappa shape index (κ1) is 22.4. The van der Waals surface area contributed by atoms with E-state index in [2.05, 4.69) is 21.2 Å². The molecule has 0 bridgehead atoms. The zero-order valence-corrected chi connectivity index (χ0v) is 20.2. The largest absolute Gasteiger partial charge is 0.493 e. The van der Waals surface area contributed by atoms with Crippen LogP contribution in [0.25, 0.3) is 0 Å². The molecule has 32 heavy (non-hydrogen) atoms. The first-order valence-electron chi connectivity index (χ1n) is 10.5. The predicted molar refractivity (Wildman–Crippen MR) is 122 cm³/mol. The number of hydrogen-bond donors (Lipinski definition) is 1. The SMILES string of the molecule is CCNC(=O)N1CCc2c(Br)c3c(c(OC)c2C1Cc1ccc(OC)c(OC)c1)OCO3. The van der Waals surface area contributed by atoms with Crippen LogP contribution in [0.3, 0.4) is 0 Å². The molecule has 2 aliphatic heterocycles. The van der Waals surface area contributed by atoms with Gasteiger partial charge in [0.25, 0.3) is 0 Å². The number of halogens is 1. The first-order chi connectivity index (χ1) is 15.5. The van der Waals surface area contributed by atoms with Gasteiger partial charge in [-0.3, -0.25) is 0 Å². The molecule has 2 aliphatic rings. The number of fused-ring (bicyclic) bond motifs is 2. The van der Waals surface area contributed by atoms with Gasteiger partial charge in [-0.05, 0) is 59.0 Å². The standard InChI is InChI=1S/C23H27BrN2O6/c1-5-25-23(27)26-9-8-14-18(20(30-4)22-21(19(14)24)31-12-32-22)15(26)10-13-6-7-16(28-2)17(11-13)29-3/h6-7,11,15H,5,8-10,12H2,1-4H3,(H,25,27). The molecule has 0 aromatic heterocycles. The molecular weight excluding hydrogens is 480 g/mol. The van der Waals surface area contributed by atoms with E-state index in [-0.39, 0.29) is 18.9 Å². The molecule has 2 heterocycles. The van der Waals surface area contributed by atoms with E-state index in [9.17, 15) is 4.79 Å². The third kappa shape index (κ3) is 3.79. The van der Waals surface area contributed by atoms with E-state index in [1.165, 1.54) is 0 Å². The third-order valence-electron chi connectivity index (χ3n) is 5.84. The van der Waals surface area contributed by atoms with Crippen molar-refractivity contribution in [3.63, 3.8) is 0 Å². The summed E-state index contributed by atoms with van der Waals surface area (Å²) in [5.74, 6) is 3.12. The van der Waals surface area contributed by atoms with Gasteiger partial charge < -0.3 is 33.9 Å². The van der Waals surface area contributed by atoms with Gasteiger partial charge in [-0.25, -0.2) is 4.79 Å². The second-order valence-corrected chi connectivity index (χ2v) is 8.29. The minimum absolute atomic E-state index is 0.112. The molecule has 2 aromatic rings. The average Bonchev–Trinajstić information content (AvgIpc) is 3.30. The summed E-state index contributed by atoms with van der Waals surface area (Å²) in [6.07, 6.45) is 1.23. The smallest absolute Gasteiger partial charge is 0.317 e. The molecular formula is C23H27BrN2O6. The number of rotatable bonds is 6. The molecule has 1 N–H and O–H groups in total. The van der Waals surface area contributed by atoms with Crippen LogP contribution in [0, 0.1) is 0 Å². The molecule has 9 heteroatoms. The molecule has 0 spiro atoms. The minimum Gasteiger partial charge on any atom is -0.493 e. The molecule has 8 nitrogen and oxygen atoms in total. The summed E-state index contributed by atoms with van der Waals surface area (Å²) < 4.78 is 29.0. The Morgan fingerprint density at radius 2 is 1.91 bits per heavy atom. The van der Waals surface area contributed by atoms with Gasteiger partial charge in [0.05, 0.1) is 31.8 Å². The number of methoxy groups -OCH3 is 3. The molecule has 0 radical (unpaired) electrons. The Balaban J connectivity index is 1.84. The van der Waals surface area contributed by atoms with Crippen LogP contribution in [0.2, 0.25) is 0 Å². The summed E-state index contributed by atoms with van der Waals surface area (Å²) in [6.45, 7) is 3.16. The summed E-state index contributed by atoms with van der Waals surface area (Å²) in [7, 11) is 4.83. The predicted octanol–water partition coefficient (Wildman–Crippen LogP) is 4.08. The summed E-state index contributed by atoms with van der Waals surface area (Å²) in [6, 6.07) is 5.42. The number of urea groups is 1. The highest BCUT2D eigenvalue weighted by Gasteiger charge is 2.39. The lowest BCUT2D eigenvalue weighted by atomic mass is 9.87. The van der Waals surface area contributed by atoms with Gasteiger partial charge in [-0.1, -0.05) is 6.07 Å². The van der Waals surface area contributed by atoms with E-state index in [0.29, 0.717) is 54.7 Å². The normalized spacial score (nSPS) is 16.4. The first-order valence-corrected chi connectivity index (χ1v) is 11.3. The van der Waals surface area contributed by atoms with Crippen molar-refractivity contribution in [2.45, 2.75) is 25.8 Å². The highest BCUT2D eigenvalue weighted by molar-refractivity contribution is 9.10. The zero-order valence-electron chi connectivity index (χ0n) is 18.6. The molecule has 1 atom stereocenters. The summed E-state index contributed by atoms with van der Waals surface area (Å²) >= 11 is 3.71. The second-order valence-electron chi connectivity index (χ2n) is 7.49. The Bertz CT molecular complexity index is 1030. The number of nitrogens with zero attached hydrogens (tertiary/aromatic N) is 1. The topological polar surface area (TPSA) is 78.5 Å². The maximum atomic E-state index is 13.0. The number of amides is 2. The molecule has 2 aromatic carbocycles. The summed E-state index contributed by atoms with van der Waals surface area (Å²) in [4.78, 5) is 14.9.